The summed E-state index contributed by atoms with van der Waals surface area (Å²) in [6, 6.07) is 3.56. The van der Waals surface area contributed by atoms with E-state index in [1.165, 1.54) is 18.4 Å². The minimum absolute atomic E-state index is 0.131. The molecule has 5 nitrogen and oxygen atoms in total. The highest BCUT2D eigenvalue weighted by Crippen LogP contribution is 2.32. The molecule has 1 heterocycles. The second kappa shape index (κ2) is 6.37. The lowest BCUT2D eigenvalue weighted by molar-refractivity contribution is -0.148. The fourth-order valence-electron chi connectivity index (χ4n) is 2.47. The first-order valence-electron chi connectivity index (χ1n) is 6.66. The van der Waals surface area contributed by atoms with Gasteiger partial charge in [0.25, 0.3) is 5.91 Å². The number of hydrogen-bond acceptors (Lipinski definition) is 5. The van der Waals surface area contributed by atoms with Crippen LogP contribution in [0.4, 0.5) is 0 Å². The van der Waals surface area contributed by atoms with E-state index in [1.54, 1.807) is 6.07 Å². The highest BCUT2D eigenvalue weighted by molar-refractivity contribution is 7.12. The molecule has 0 aliphatic heterocycles. The molecule has 0 saturated heterocycles. The topological polar surface area (TPSA) is 75.6 Å². The van der Waals surface area contributed by atoms with Crippen molar-refractivity contribution in [2.24, 2.45) is 5.92 Å². The van der Waals surface area contributed by atoms with Gasteiger partial charge in [0, 0.05) is 6.54 Å². The van der Waals surface area contributed by atoms with Crippen molar-refractivity contribution in [3.8, 4) is 0 Å². The Balaban J connectivity index is 1.82. The predicted molar refractivity (Wildman–Crippen MR) is 75.6 cm³/mol. The van der Waals surface area contributed by atoms with Crippen molar-refractivity contribution in [2.75, 3.05) is 13.7 Å². The van der Waals surface area contributed by atoms with Gasteiger partial charge >= 0.3 is 5.97 Å². The van der Waals surface area contributed by atoms with Gasteiger partial charge in [0.1, 0.15) is 0 Å². The van der Waals surface area contributed by atoms with Crippen LogP contribution in [0.1, 0.15) is 35.4 Å². The van der Waals surface area contributed by atoms with Gasteiger partial charge in [-0.1, -0.05) is 6.07 Å². The lowest BCUT2D eigenvalue weighted by Gasteiger charge is -2.35. The van der Waals surface area contributed by atoms with Crippen LogP contribution in [0.2, 0.25) is 0 Å². The first-order chi connectivity index (χ1) is 9.54. The zero-order valence-corrected chi connectivity index (χ0v) is 12.2. The number of carbonyl (C=O) groups is 2. The van der Waals surface area contributed by atoms with Crippen LogP contribution >= 0.6 is 11.3 Å². The summed E-state index contributed by atoms with van der Waals surface area (Å²) in [7, 11) is 1.38. The van der Waals surface area contributed by atoms with Gasteiger partial charge in [0.05, 0.1) is 23.5 Å². The van der Waals surface area contributed by atoms with E-state index in [1.807, 2.05) is 11.4 Å². The molecule has 1 aliphatic carbocycles. The Labute approximate surface area is 121 Å². The van der Waals surface area contributed by atoms with Crippen LogP contribution in [0.15, 0.2) is 17.5 Å². The van der Waals surface area contributed by atoms with Crippen LogP contribution < -0.4 is 5.32 Å². The third-order valence-electron chi connectivity index (χ3n) is 3.77. The van der Waals surface area contributed by atoms with Gasteiger partial charge in [0.2, 0.25) is 0 Å². The number of methoxy groups -OCH3 is 1. The van der Waals surface area contributed by atoms with Crippen LogP contribution in [0, 0.1) is 5.92 Å². The summed E-state index contributed by atoms with van der Waals surface area (Å²) < 4.78 is 4.72. The largest absolute Gasteiger partial charge is 0.469 e. The third-order valence-corrected chi connectivity index (χ3v) is 4.64. The molecule has 0 spiro atoms. The number of hydrogen-bond donors (Lipinski definition) is 2. The van der Waals surface area contributed by atoms with E-state index in [9.17, 15) is 14.7 Å². The summed E-state index contributed by atoms with van der Waals surface area (Å²) in [6.07, 6.45) is 2.19. The summed E-state index contributed by atoms with van der Waals surface area (Å²) >= 11 is 1.37. The van der Waals surface area contributed by atoms with Crippen molar-refractivity contribution in [3.05, 3.63) is 22.4 Å². The molecule has 0 bridgehead atoms. The van der Waals surface area contributed by atoms with Crippen molar-refractivity contribution < 1.29 is 19.4 Å². The van der Waals surface area contributed by atoms with Crippen LogP contribution in [0.3, 0.4) is 0 Å². The number of ether oxygens (including phenoxy) is 1. The zero-order valence-electron chi connectivity index (χ0n) is 11.4. The highest BCUT2D eigenvalue weighted by Gasteiger charge is 2.36. The van der Waals surface area contributed by atoms with Gasteiger partial charge < -0.3 is 15.2 Å². The monoisotopic (exact) mass is 297 g/mol. The number of carbonyl (C=O) groups excluding carboxylic acids is 2. The molecular weight excluding hydrogens is 278 g/mol. The van der Waals surface area contributed by atoms with Gasteiger partial charge in [-0.3, -0.25) is 9.59 Å². The van der Waals surface area contributed by atoms with E-state index in [2.05, 4.69) is 5.32 Å². The molecule has 2 rings (SSSR count). The molecule has 1 saturated carbocycles. The Bertz CT molecular complexity index is 464. The normalized spacial score (nSPS) is 26.0. The SMILES string of the molecule is COC(=O)C1CCC(O)(CNC(=O)c2cccs2)CC1. The number of rotatable bonds is 4. The molecule has 0 unspecified atom stereocenters. The van der Waals surface area contributed by atoms with Crippen LogP contribution in [0.25, 0.3) is 0 Å². The third kappa shape index (κ3) is 3.58. The summed E-state index contributed by atoms with van der Waals surface area (Å²) in [4.78, 5) is 23.9. The Kier molecular flexibility index (Phi) is 4.77. The molecule has 110 valence electrons. The van der Waals surface area contributed by atoms with Crippen LogP contribution in [-0.4, -0.2) is 36.2 Å². The average molecular weight is 297 g/mol. The molecule has 0 radical (unpaired) electrons. The van der Waals surface area contributed by atoms with E-state index in [-0.39, 0.29) is 24.3 Å². The Morgan fingerprint density at radius 1 is 1.50 bits per heavy atom. The van der Waals surface area contributed by atoms with Gasteiger partial charge in [0.15, 0.2) is 0 Å². The predicted octanol–water partition coefficient (Wildman–Crippen LogP) is 1.57. The van der Waals surface area contributed by atoms with E-state index in [0.29, 0.717) is 30.6 Å². The number of aliphatic hydroxyl groups is 1. The molecule has 1 amide bonds. The second-order valence-corrected chi connectivity index (χ2v) is 6.13. The van der Waals surface area contributed by atoms with E-state index in [4.69, 9.17) is 4.74 Å². The van der Waals surface area contributed by atoms with E-state index in [0.717, 1.165) is 0 Å². The quantitative estimate of drug-likeness (QED) is 0.827. The van der Waals surface area contributed by atoms with E-state index < -0.39 is 5.60 Å². The summed E-state index contributed by atoms with van der Waals surface area (Å²) in [5.41, 5.74) is -0.919. The molecular formula is C14H19NO4S. The fourth-order valence-corrected chi connectivity index (χ4v) is 3.11. The lowest BCUT2D eigenvalue weighted by Crippen LogP contribution is -2.46. The van der Waals surface area contributed by atoms with Gasteiger partial charge in [-0.25, -0.2) is 0 Å². The van der Waals surface area contributed by atoms with Crippen molar-refractivity contribution in [1.82, 2.24) is 5.32 Å². The van der Waals surface area contributed by atoms with Crippen LogP contribution in [0.5, 0.6) is 0 Å². The summed E-state index contributed by atoms with van der Waals surface area (Å²) in [5, 5.41) is 15.0. The van der Waals surface area contributed by atoms with Gasteiger partial charge in [-0.05, 0) is 37.1 Å². The molecule has 1 aromatic rings. The number of nitrogens with one attached hydrogen (secondary N) is 1. The smallest absolute Gasteiger partial charge is 0.308 e. The van der Waals surface area contributed by atoms with E-state index >= 15 is 0 Å². The lowest BCUT2D eigenvalue weighted by atomic mass is 9.79. The first kappa shape index (κ1) is 15.0. The molecule has 1 fully saturated rings. The molecule has 0 aromatic carbocycles. The number of thiophene rings is 1. The molecule has 1 aromatic heterocycles. The Hall–Kier alpha value is -1.40. The molecule has 1 aliphatic rings. The number of amides is 1. The second-order valence-electron chi connectivity index (χ2n) is 5.18. The minimum atomic E-state index is -0.919. The fraction of sp³-hybridized carbons (Fsp3) is 0.571. The maximum Gasteiger partial charge on any atom is 0.308 e. The summed E-state index contributed by atoms with van der Waals surface area (Å²) in [6.45, 7) is 0.220. The van der Waals surface area contributed by atoms with Crippen molar-refractivity contribution in [1.29, 1.82) is 0 Å². The molecule has 0 atom stereocenters. The van der Waals surface area contributed by atoms with Crippen molar-refractivity contribution in [3.63, 3.8) is 0 Å². The molecule has 6 heteroatoms. The Morgan fingerprint density at radius 2 is 2.20 bits per heavy atom. The first-order valence-corrected chi connectivity index (χ1v) is 7.54. The standard InChI is InChI=1S/C14H19NO4S/c1-19-13(17)10-4-6-14(18,7-5-10)9-15-12(16)11-3-2-8-20-11/h2-3,8,10,18H,4-7,9H2,1H3,(H,15,16). The van der Waals surface area contributed by atoms with Crippen molar-refractivity contribution >= 4 is 23.2 Å². The zero-order chi connectivity index (χ0) is 14.6. The Morgan fingerprint density at radius 3 is 2.75 bits per heavy atom. The summed E-state index contributed by atoms with van der Waals surface area (Å²) in [5.74, 6) is -0.508. The van der Waals surface area contributed by atoms with Crippen LogP contribution in [-0.2, 0) is 9.53 Å². The van der Waals surface area contributed by atoms with Crippen molar-refractivity contribution in [2.45, 2.75) is 31.3 Å². The average Bonchev–Trinajstić information content (AvgIpc) is 2.99. The minimum Gasteiger partial charge on any atom is -0.469 e. The highest BCUT2D eigenvalue weighted by atomic mass is 32.1. The number of esters is 1. The molecule has 2 N–H and O–H groups in total. The maximum absolute atomic E-state index is 11.8. The maximum atomic E-state index is 11.8. The van der Waals surface area contributed by atoms with Gasteiger partial charge in [-0.2, -0.15) is 0 Å². The van der Waals surface area contributed by atoms with Gasteiger partial charge in [-0.15, -0.1) is 11.3 Å². The molecule has 20 heavy (non-hydrogen) atoms.